The topological polar surface area (TPSA) is 75.5 Å². The SMILES string of the molecule is CCN1CCC[C@]2(CCN(C(=O)Cn3nc(C)ccc3=O)C2)C1=O. The number of aryl methyl sites for hydroxylation is 1. The summed E-state index contributed by atoms with van der Waals surface area (Å²) in [5, 5.41) is 4.11. The van der Waals surface area contributed by atoms with Crippen LogP contribution in [0.1, 0.15) is 31.9 Å². The number of rotatable bonds is 3. The number of likely N-dealkylation sites (tertiary alicyclic amines) is 2. The van der Waals surface area contributed by atoms with Gasteiger partial charge in [-0.05, 0) is 39.2 Å². The maximum atomic E-state index is 12.7. The first-order chi connectivity index (χ1) is 11.4. The zero-order chi connectivity index (χ0) is 17.3. The zero-order valence-corrected chi connectivity index (χ0v) is 14.3. The molecule has 2 amide bonds. The van der Waals surface area contributed by atoms with Gasteiger partial charge in [0.25, 0.3) is 5.56 Å². The van der Waals surface area contributed by atoms with E-state index < -0.39 is 5.41 Å². The van der Waals surface area contributed by atoms with E-state index in [1.165, 1.54) is 10.7 Å². The van der Waals surface area contributed by atoms with Gasteiger partial charge in [-0.25, -0.2) is 4.68 Å². The minimum Gasteiger partial charge on any atom is -0.342 e. The van der Waals surface area contributed by atoms with Gasteiger partial charge in [0, 0.05) is 32.2 Å². The highest BCUT2D eigenvalue weighted by Gasteiger charge is 2.48. The normalized spacial score (nSPS) is 24.0. The van der Waals surface area contributed by atoms with Crippen molar-refractivity contribution in [2.45, 2.75) is 39.7 Å². The van der Waals surface area contributed by atoms with Crippen LogP contribution in [0.15, 0.2) is 16.9 Å². The third kappa shape index (κ3) is 2.95. The summed E-state index contributed by atoms with van der Waals surface area (Å²) in [6.45, 7) is 6.27. The van der Waals surface area contributed by atoms with Gasteiger partial charge in [0.15, 0.2) is 0 Å². The minimum absolute atomic E-state index is 0.0672. The Morgan fingerprint density at radius 1 is 1.25 bits per heavy atom. The standard InChI is InChI=1S/C17H24N4O3/c1-3-19-9-4-7-17(16(19)24)8-10-20(12-17)15(23)11-21-14(22)6-5-13(2)18-21/h5-6H,3-4,7-12H2,1-2H3/t17-/m1/s1. The van der Waals surface area contributed by atoms with Gasteiger partial charge in [-0.2, -0.15) is 5.10 Å². The van der Waals surface area contributed by atoms with Crippen LogP contribution in [0.25, 0.3) is 0 Å². The lowest BCUT2D eigenvalue weighted by atomic mass is 9.78. The van der Waals surface area contributed by atoms with Gasteiger partial charge < -0.3 is 9.80 Å². The minimum atomic E-state index is -0.422. The van der Waals surface area contributed by atoms with Crippen molar-refractivity contribution in [1.29, 1.82) is 0 Å². The monoisotopic (exact) mass is 332 g/mol. The Hall–Kier alpha value is -2.18. The summed E-state index contributed by atoms with van der Waals surface area (Å²) in [4.78, 5) is 40.7. The lowest BCUT2D eigenvalue weighted by Crippen LogP contribution is -2.50. The molecule has 0 unspecified atom stereocenters. The fourth-order valence-corrected chi connectivity index (χ4v) is 3.81. The zero-order valence-electron chi connectivity index (χ0n) is 14.3. The molecule has 2 fully saturated rings. The van der Waals surface area contributed by atoms with E-state index in [4.69, 9.17) is 0 Å². The van der Waals surface area contributed by atoms with Crippen LogP contribution in [0.3, 0.4) is 0 Å². The van der Waals surface area contributed by atoms with E-state index in [9.17, 15) is 14.4 Å². The molecule has 7 heteroatoms. The van der Waals surface area contributed by atoms with Crippen LogP contribution in [-0.4, -0.2) is 57.6 Å². The van der Waals surface area contributed by atoms with Gasteiger partial charge in [0.2, 0.25) is 11.8 Å². The van der Waals surface area contributed by atoms with Crippen molar-refractivity contribution in [1.82, 2.24) is 19.6 Å². The second-order valence-corrected chi connectivity index (χ2v) is 6.80. The number of amides is 2. The van der Waals surface area contributed by atoms with Crippen molar-refractivity contribution in [2.75, 3.05) is 26.2 Å². The molecule has 0 bridgehead atoms. The third-order valence-corrected chi connectivity index (χ3v) is 5.20. The Balaban J connectivity index is 1.71. The van der Waals surface area contributed by atoms with Crippen molar-refractivity contribution in [3.63, 3.8) is 0 Å². The molecule has 2 aliphatic heterocycles. The van der Waals surface area contributed by atoms with Crippen molar-refractivity contribution >= 4 is 11.8 Å². The van der Waals surface area contributed by atoms with Gasteiger partial charge in [-0.1, -0.05) is 0 Å². The fraction of sp³-hybridized carbons (Fsp3) is 0.647. The summed E-state index contributed by atoms with van der Waals surface area (Å²) in [7, 11) is 0. The first kappa shape index (κ1) is 16.7. The first-order valence-electron chi connectivity index (χ1n) is 8.57. The lowest BCUT2D eigenvalue weighted by Gasteiger charge is -2.38. The molecule has 0 saturated carbocycles. The molecule has 2 aliphatic rings. The molecule has 24 heavy (non-hydrogen) atoms. The Labute approximate surface area is 141 Å². The fourth-order valence-electron chi connectivity index (χ4n) is 3.81. The highest BCUT2D eigenvalue weighted by atomic mass is 16.2. The van der Waals surface area contributed by atoms with E-state index in [0.717, 1.165) is 25.9 Å². The highest BCUT2D eigenvalue weighted by Crippen LogP contribution is 2.40. The molecule has 130 valence electrons. The summed E-state index contributed by atoms with van der Waals surface area (Å²) in [6, 6.07) is 3.05. The molecular formula is C17H24N4O3. The second kappa shape index (κ2) is 6.37. The largest absolute Gasteiger partial charge is 0.342 e. The third-order valence-electron chi connectivity index (χ3n) is 5.20. The van der Waals surface area contributed by atoms with Crippen molar-refractivity contribution in [3.05, 3.63) is 28.2 Å². The van der Waals surface area contributed by atoms with E-state index in [0.29, 0.717) is 25.2 Å². The molecule has 2 saturated heterocycles. The molecule has 0 radical (unpaired) electrons. The summed E-state index contributed by atoms with van der Waals surface area (Å²) in [5.41, 5.74) is -0.00958. The molecular weight excluding hydrogens is 308 g/mol. The molecule has 7 nitrogen and oxygen atoms in total. The molecule has 0 aliphatic carbocycles. The number of nitrogens with zero attached hydrogens (tertiary/aromatic N) is 4. The maximum absolute atomic E-state index is 12.7. The second-order valence-electron chi connectivity index (χ2n) is 6.80. The number of piperidine rings is 1. The number of hydrogen-bond acceptors (Lipinski definition) is 4. The van der Waals surface area contributed by atoms with Gasteiger partial charge >= 0.3 is 0 Å². The molecule has 3 heterocycles. The van der Waals surface area contributed by atoms with Crippen LogP contribution in [0.5, 0.6) is 0 Å². The molecule has 3 rings (SSSR count). The summed E-state index contributed by atoms with van der Waals surface area (Å²) in [6.07, 6.45) is 2.54. The van der Waals surface area contributed by atoms with E-state index >= 15 is 0 Å². The van der Waals surface area contributed by atoms with Crippen molar-refractivity contribution < 1.29 is 9.59 Å². The molecule has 0 aromatic carbocycles. The Morgan fingerprint density at radius 3 is 2.79 bits per heavy atom. The summed E-state index contributed by atoms with van der Waals surface area (Å²) < 4.78 is 1.20. The van der Waals surface area contributed by atoms with Gasteiger partial charge in [-0.15, -0.1) is 0 Å². The number of hydrogen-bond donors (Lipinski definition) is 0. The first-order valence-corrected chi connectivity index (χ1v) is 8.57. The average Bonchev–Trinajstić information content (AvgIpc) is 2.99. The number of carbonyl (C=O) groups excluding carboxylic acids is 2. The van der Waals surface area contributed by atoms with Crippen LogP contribution in [0, 0.1) is 12.3 Å². The molecule has 0 N–H and O–H groups in total. The van der Waals surface area contributed by atoms with Crippen molar-refractivity contribution in [2.24, 2.45) is 5.41 Å². The van der Waals surface area contributed by atoms with Crippen LogP contribution in [0.2, 0.25) is 0 Å². The molecule has 1 atom stereocenters. The Kier molecular flexibility index (Phi) is 4.43. The highest BCUT2D eigenvalue weighted by molar-refractivity contribution is 5.86. The average molecular weight is 332 g/mol. The lowest BCUT2D eigenvalue weighted by molar-refractivity contribution is -0.145. The van der Waals surface area contributed by atoms with Crippen LogP contribution in [0.4, 0.5) is 0 Å². The number of aromatic nitrogens is 2. The predicted octanol–water partition coefficient (Wildman–Crippen LogP) is 0.413. The van der Waals surface area contributed by atoms with Crippen LogP contribution >= 0.6 is 0 Å². The summed E-state index contributed by atoms with van der Waals surface area (Å²) >= 11 is 0. The van der Waals surface area contributed by atoms with E-state index in [1.807, 2.05) is 11.8 Å². The smallest absolute Gasteiger partial charge is 0.267 e. The molecule has 1 spiro atoms. The van der Waals surface area contributed by atoms with Gasteiger partial charge in [0.05, 0.1) is 11.1 Å². The Bertz CT molecular complexity index is 714. The van der Waals surface area contributed by atoms with E-state index in [2.05, 4.69) is 5.10 Å². The number of carbonyl (C=O) groups is 2. The van der Waals surface area contributed by atoms with Crippen LogP contribution in [-0.2, 0) is 16.1 Å². The Morgan fingerprint density at radius 2 is 2.04 bits per heavy atom. The van der Waals surface area contributed by atoms with E-state index in [-0.39, 0.29) is 23.9 Å². The molecule has 1 aromatic heterocycles. The predicted molar refractivity (Wildman–Crippen MR) is 88.4 cm³/mol. The van der Waals surface area contributed by atoms with Crippen molar-refractivity contribution in [3.8, 4) is 0 Å². The summed E-state index contributed by atoms with van der Waals surface area (Å²) in [5.74, 6) is 0.0332. The quantitative estimate of drug-likeness (QED) is 0.803. The van der Waals surface area contributed by atoms with Crippen LogP contribution < -0.4 is 5.56 Å². The van der Waals surface area contributed by atoms with Gasteiger partial charge in [0.1, 0.15) is 6.54 Å². The van der Waals surface area contributed by atoms with E-state index in [1.54, 1.807) is 17.9 Å². The maximum Gasteiger partial charge on any atom is 0.267 e. The molecule has 1 aromatic rings. The van der Waals surface area contributed by atoms with Gasteiger partial charge in [-0.3, -0.25) is 14.4 Å².